The van der Waals surface area contributed by atoms with E-state index >= 15 is 0 Å². The maximum Gasteiger partial charge on any atom is 0.135 e. The molecule has 166 valence electrons. The van der Waals surface area contributed by atoms with Crippen LogP contribution < -0.4 is 9.64 Å². The van der Waals surface area contributed by atoms with Gasteiger partial charge in [-0.2, -0.15) is 12.7 Å². The van der Waals surface area contributed by atoms with E-state index in [-0.39, 0.29) is 21.1 Å². The number of ether oxygens (including phenoxy) is 1. The van der Waals surface area contributed by atoms with E-state index < -0.39 is 0 Å². The maximum absolute atomic E-state index is 6.11. The summed E-state index contributed by atoms with van der Waals surface area (Å²) in [7, 11) is 1.97. The Kier molecular flexibility index (Phi) is 5.61. The number of anilines is 1. The third-order valence-electron chi connectivity index (χ3n) is 5.34. The summed E-state index contributed by atoms with van der Waals surface area (Å²) in [4.78, 5) is 12.8. The summed E-state index contributed by atoms with van der Waals surface area (Å²) in [6.07, 6.45) is 9.10. The molecule has 7 heteroatoms. The van der Waals surface area contributed by atoms with Crippen LogP contribution in [0.2, 0.25) is 0 Å². The van der Waals surface area contributed by atoms with Crippen molar-refractivity contribution in [3.8, 4) is 17.3 Å². The van der Waals surface area contributed by atoms with Gasteiger partial charge in [0.1, 0.15) is 5.82 Å². The van der Waals surface area contributed by atoms with Crippen molar-refractivity contribution in [2.45, 2.75) is 0 Å². The van der Waals surface area contributed by atoms with E-state index in [1.165, 1.54) is 0 Å². The normalized spacial score (nSPS) is 13.0. The molecule has 0 bridgehead atoms. The molecular weight excluding hydrogens is 593 g/mol. The first-order valence-corrected chi connectivity index (χ1v) is 10.2. The van der Waals surface area contributed by atoms with E-state index in [0.717, 1.165) is 33.3 Å². The quantitative estimate of drug-likeness (QED) is 0.258. The van der Waals surface area contributed by atoms with Crippen LogP contribution in [0.4, 0.5) is 5.69 Å². The summed E-state index contributed by atoms with van der Waals surface area (Å²) in [6, 6.07) is 24.9. The van der Waals surface area contributed by atoms with Gasteiger partial charge in [-0.3, -0.25) is 0 Å². The summed E-state index contributed by atoms with van der Waals surface area (Å²) < 4.78 is 8.22. The van der Waals surface area contributed by atoms with Crippen molar-refractivity contribution in [1.82, 2.24) is 19.4 Å². The van der Waals surface area contributed by atoms with Gasteiger partial charge >= 0.3 is 0 Å². The predicted molar refractivity (Wildman–Crippen MR) is 124 cm³/mol. The van der Waals surface area contributed by atoms with Gasteiger partial charge < -0.3 is 24.1 Å². The Hall–Kier alpha value is -3.63. The van der Waals surface area contributed by atoms with Crippen LogP contribution in [-0.4, -0.2) is 26.5 Å². The second kappa shape index (κ2) is 8.72. The molecule has 1 aliphatic heterocycles. The number of para-hydroxylation sites is 1. The van der Waals surface area contributed by atoms with Crippen LogP contribution in [-0.2, 0) is 21.1 Å². The molecule has 33 heavy (non-hydrogen) atoms. The molecule has 0 fully saturated rings. The maximum atomic E-state index is 6.11. The van der Waals surface area contributed by atoms with E-state index in [1.54, 1.807) is 18.6 Å². The summed E-state index contributed by atoms with van der Waals surface area (Å²) in [5, 5.41) is 2.24. The number of rotatable bonds is 4. The summed E-state index contributed by atoms with van der Waals surface area (Å²) in [5.41, 5.74) is 2.78. The number of nitrogens with zero attached hydrogens (tertiary/aromatic N) is 5. The van der Waals surface area contributed by atoms with Gasteiger partial charge in [-0.15, -0.1) is 23.6 Å². The van der Waals surface area contributed by atoms with Crippen molar-refractivity contribution in [2.24, 2.45) is 0 Å². The van der Waals surface area contributed by atoms with E-state index in [4.69, 9.17) is 4.74 Å². The molecule has 3 aromatic heterocycles. The minimum absolute atomic E-state index is 0. The van der Waals surface area contributed by atoms with Crippen LogP contribution in [0.25, 0.3) is 27.6 Å². The summed E-state index contributed by atoms with van der Waals surface area (Å²) >= 11 is 0. The van der Waals surface area contributed by atoms with Gasteiger partial charge in [-0.05, 0) is 49.2 Å². The first-order valence-electron chi connectivity index (χ1n) is 10.2. The van der Waals surface area contributed by atoms with Gasteiger partial charge in [-0.1, -0.05) is 41.7 Å². The second-order valence-corrected chi connectivity index (χ2v) is 7.50. The van der Waals surface area contributed by atoms with Crippen molar-refractivity contribution in [3.63, 3.8) is 0 Å². The van der Waals surface area contributed by atoms with Crippen LogP contribution in [0.15, 0.2) is 85.6 Å². The fraction of sp³-hybridized carbons (Fsp3) is 0.0385. The number of fused-ring (bicyclic) bond motifs is 3. The Morgan fingerprint density at radius 3 is 2.58 bits per heavy atom. The number of aromatic nitrogens is 3. The van der Waals surface area contributed by atoms with Crippen LogP contribution in [0.3, 0.4) is 0 Å². The molecule has 6 nitrogen and oxygen atoms in total. The zero-order valence-electron chi connectivity index (χ0n) is 17.6. The average Bonchev–Trinajstić information content (AvgIpc) is 3.41. The van der Waals surface area contributed by atoms with Gasteiger partial charge in [0.2, 0.25) is 0 Å². The predicted octanol–water partition coefficient (Wildman–Crippen LogP) is 5.31. The molecule has 0 spiro atoms. The topological polar surface area (TPSA) is 46.4 Å². The van der Waals surface area contributed by atoms with Gasteiger partial charge in [0.25, 0.3) is 0 Å². The van der Waals surface area contributed by atoms with Crippen LogP contribution >= 0.6 is 0 Å². The molecular formula is C26H18N5OPt-3. The summed E-state index contributed by atoms with van der Waals surface area (Å²) in [5.74, 6) is 1.95. The zero-order chi connectivity index (χ0) is 21.5. The Morgan fingerprint density at radius 2 is 1.76 bits per heavy atom. The molecule has 0 radical (unpaired) electrons. The van der Waals surface area contributed by atoms with Crippen molar-refractivity contribution >= 4 is 27.5 Å². The van der Waals surface area contributed by atoms with E-state index in [1.807, 2.05) is 72.3 Å². The average molecular weight is 612 g/mol. The molecule has 0 atom stereocenters. The first-order chi connectivity index (χ1) is 15.8. The Morgan fingerprint density at radius 1 is 0.879 bits per heavy atom. The number of pyridine rings is 2. The number of hydrogen-bond donors (Lipinski definition) is 0. The van der Waals surface area contributed by atoms with Crippen LogP contribution in [0.5, 0.6) is 11.5 Å². The number of benzene rings is 2. The first kappa shape index (κ1) is 21.2. The van der Waals surface area contributed by atoms with Crippen LogP contribution in [0.1, 0.15) is 0 Å². The smallest absolute Gasteiger partial charge is 0.135 e. The summed E-state index contributed by atoms with van der Waals surface area (Å²) in [6.45, 7) is 1.95. The Balaban J connectivity index is 0.00000228. The number of hydrogen-bond acceptors (Lipinski definition) is 5. The Labute approximate surface area is 206 Å². The van der Waals surface area contributed by atoms with Gasteiger partial charge in [0.05, 0.1) is 0 Å². The molecule has 2 aromatic carbocycles. The van der Waals surface area contributed by atoms with Crippen molar-refractivity contribution in [3.05, 3.63) is 104 Å². The van der Waals surface area contributed by atoms with Gasteiger partial charge in [0, 0.05) is 44.3 Å². The monoisotopic (exact) mass is 611 g/mol. The molecule has 0 saturated heterocycles. The van der Waals surface area contributed by atoms with E-state index in [2.05, 4.69) is 44.9 Å². The van der Waals surface area contributed by atoms with Crippen molar-refractivity contribution < 1.29 is 25.8 Å². The largest absolute Gasteiger partial charge is 0.510 e. The fourth-order valence-corrected chi connectivity index (χ4v) is 3.92. The molecule has 0 amide bonds. The fourth-order valence-electron chi connectivity index (χ4n) is 3.92. The molecule has 1 aliphatic rings. The van der Waals surface area contributed by atoms with Crippen LogP contribution in [0, 0.1) is 18.8 Å². The minimum Gasteiger partial charge on any atom is -0.510 e. The molecule has 0 saturated carbocycles. The van der Waals surface area contributed by atoms with E-state index in [0.29, 0.717) is 11.5 Å². The van der Waals surface area contributed by atoms with Crippen molar-refractivity contribution in [2.75, 3.05) is 11.9 Å². The minimum atomic E-state index is 0. The second-order valence-electron chi connectivity index (χ2n) is 7.50. The molecule has 5 aromatic rings. The zero-order valence-corrected chi connectivity index (χ0v) is 19.9. The molecule has 6 rings (SSSR count). The van der Waals surface area contributed by atoms with Crippen molar-refractivity contribution in [1.29, 1.82) is 0 Å². The molecule has 4 heterocycles. The molecule has 0 N–H and O–H groups in total. The Bertz CT molecular complexity index is 1460. The third-order valence-corrected chi connectivity index (χ3v) is 5.34. The third kappa shape index (κ3) is 3.87. The molecule has 0 aliphatic carbocycles. The van der Waals surface area contributed by atoms with Gasteiger partial charge in [-0.25, -0.2) is 4.98 Å². The van der Waals surface area contributed by atoms with Gasteiger partial charge in [0.15, 0.2) is 0 Å². The standard InChI is InChI=1S/C26H18N5O.Pt/c1-29-12-13-30(18-29)19-14-21(17-27-16-19)32-20-9-10-23-22-6-2-3-7-24(22)31(25(23)15-20)26-8-4-5-11-28-26;/h2-13,16-18H,1H3;/q-3;. The van der Waals surface area contributed by atoms with E-state index in [9.17, 15) is 0 Å². The SMILES string of the molecule is CN1C=CN(c2[c-]c(Oc3[c-]c4c(cc3)c3ccccc3n4-c3ccccn3)cnc2)[CH-]1.[Pt]. The molecule has 0 unspecified atom stereocenters.